The van der Waals surface area contributed by atoms with Crippen LogP contribution < -0.4 is 5.32 Å². The third kappa shape index (κ3) is 5.33. The van der Waals surface area contributed by atoms with E-state index in [9.17, 15) is 10.1 Å². The first-order chi connectivity index (χ1) is 11.9. The number of pyridine rings is 1. The van der Waals surface area contributed by atoms with E-state index in [1.54, 1.807) is 19.1 Å². The quantitative estimate of drug-likeness (QED) is 0.753. The number of aryl methyl sites for hydroxylation is 1. The fourth-order valence-corrected chi connectivity index (χ4v) is 3.29. The topological polar surface area (TPSA) is 91.8 Å². The largest absolute Gasteiger partial charge is 0.360 e. The third-order valence-electron chi connectivity index (χ3n) is 3.45. The zero-order valence-electron chi connectivity index (χ0n) is 14.9. The van der Waals surface area contributed by atoms with Crippen molar-refractivity contribution in [3.8, 4) is 6.07 Å². The van der Waals surface area contributed by atoms with Crippen molar-refractivity contribution >= 4 is 23.5 Å². The first-order valence-corrected chi connectivity index (χ1v) is 9.11. The maximum atomic E-state index is 12.5. The number of carbonyl (C=O) groups excluding carboxylic acids is 1. The number of hydrogen-bond acceptors (Lipinski definition) is 6. The highest BCUT2D eigenvalue weighted by Gasteiger charge is 2.22. The summed E-state index contributed by atoms with van der Waals surface area (Å²) < 4.78 is 4.96. The number of aromatic nitrogens is 2. The predicted octanol–water partition coefficient (Wildman–Crippen LogP) is 3.96. The Labute approximate surface area is 152 Å². The van der Waals surface area contributed by atoms with Crippen molar-refractivity contribution in [3.05, 3.63) is 35.2 Å². The molecule has 0 aliphatic heterocycles. The number of anilines is 1. The van der Waals surface area contributed by atoms with Crippen molar-refractivity contribution in [2.24, 2.45) is 5.92 Å². The number of nitrogens with one attached hydrogen (secondary N) is 1. The Morgan fingerprint density at radius 3 is 2.76 bits per heavy atom. The minimum absolute atomic E-state index is 0.180. The van der Waals surface area contributed by atoms with Gasteiger partial charge in [-0.05, 0) is 37.8 Å². The Hall–Kier alpha value is -2.33. The molecule has 1 atom stereocenters. The van der Waals surface area contributed by atoms with Crippen molar-refractivity contribution in [3.63, 3.8) is 0 Å². The average molecular weight is 358 g/mol. The zero-order valence-corrected chi connectivity index (χ0v) is 15.7. The van der Waals surface area contributed by atoms with E-state index in [0.29, 0.717) is 34.5 Å². The number of thioether (sulfide) groups is 1. The molecule has 1 amide bonds. The second kappa shape index (κ2) is 8.67. The predicted molar refractivity (Wildman–Crippen MR) is 97.3 cm³/mol. The van der Waals surface area contributed by atoms with E-state index < -0.39 is 0 Å². The van der Waals surface area contributed by atoms with Gasteiger partial charge in [-0.25, -0.2) is 4.98 Å². The van der Waals surface area contributed by atoms with Crippen molar-refractivity contribution in [1.29, 1.82) is 5.26 Å². The van der Waals surface area contributed by atoms with Gasteiger partial charge in [0.15, 0.2) is 5.82 Å². The van der Waals surface area contributed by atoms with Crippen LogP contribution in [0.15, 0.2) is 27.7 Å². The van der Waals surface area contributed by atoms with E-state index in [0.717, 1.165) is 12.1 Å². The summed E-state index contributed by atoms with van der Waals surface area (Å²) in [6.45, 7) is 7.93. The van der Waals surface area contributed by atoms with Gasteiger partial charge in [0, 0.05) is 11.8 Å². The molecule has 1 N–H and O–H groups in total. The maximum absolute atomic E-state index is 12.5. The summed E-state index contributed by atoms with van der Waals surface area (Å²) in [5.41, 5.74) is 1.42. The maximum Gasteiger partial charge on any atom is 0.239 e. The molecule has 0 saturated heterocycles. The Kier molecular flexibility index (Phi) is 6.59. The molecular weight excluding hydrogens is 336 g/mol. The molecule has 25 heavy (non-hydrogen) atoms. The van der Waals surface area contributed by atoms with Crippen LogP contribution in [0, 0.1) is 24.2 Å². The summed E-state index contributed by atoms with van der Waals surface area (Å²) >= 11 is 1.31. The highest BCUT2D eigenvalue weighted by atomic mass is 32.2. The number of rotatable bonds is 7. The Balaban J connectivity index is 2.16. The number of carbonyl (C=O) groups is 1. The molecular formula is C18H22N4O2S. The van der Waals surface area contributed by atoms with Crippen LogP contribution in [0.2, 0.25) is 0 Å². The summed E-state index contributed by atoms with van der Waals surface area (Å²) in [6.07, 6.45) is 1.44. The van der Waals surface area contributed by atoms with Crippen molar-refractivity contribution in [2.75, 3.05) is 5.32 Å². The normalized spacial score (nSPS) is 12.0. The molecule has 2 aromatic rings. The van der Waals surface area contributed by atoms with Crippen LogP contribution in [0.4, 0.5) is 5.82 Å². The van der Waals surface area contributed by atoms with Crippen molar-refractivity contribution in [1.82, 2.24) is 10.1 Å². The highest BCUT2D eigenvalue weighted by molar-refractivity contribution is 8.00. The monoisotopic (exact) mass is 358 g/mol. The summed E-state index contributed by atoms with van der Waals surface area (Å²) in [5, 5.41) is 16.1. The molecule has 2 rings (SSSR count). The molecule has 0 fully saturated rings. The van der Waals surface area contributed by atoms with Gasteiger partial charge in [-0.1, -0.05) is 37.7 Å². The van der Waals surface area contributed by atoms with Crippen LogP contribution in [0.5, 0.6) is 0 Å². The first-order valence-electron chi connectivity index (χ1n) is 8.23. The standard InChI is InChI=1S/C18H22N4O2S/c1-5-15(17(23)21-16-9-12(4)24-22-16)25-18-13(10-19)6-7-14(20-18)8-11(2)3/h6-7,9,11,15H,5,8H2,1-4H3,(H,21,22,23). The molecule has 132 valence electrons. The zero-order chi connectivity index (χ0) is 18.4. The fraction of sp³-hybridized carbons (Fsp3) is 0.444. The Morgan fingerprint density at radius 1 is 1.44 bits per heavy atom. The number of nitriles is 1. The Bertz CT molecular complexity index is 780. The van der Waals surface area contributed by atoms with Crippen LogP contribution >= 0.6 is 11.8 Å². The van der Waals surface area contributed by atoms with Gasteiger partial charge in [0.1, 0.15) is 16.9 Å². The van der Waals surface area contributed by atoms with E-state index in [1.807, 2.05) is 13.0 Å². The summed E-state index contributed by atoms with van der Waals surface area (Å²) in [4.78, 5) is 17.1. The van der Waals surface area contributed by atoms with Gasteiger partial charge in [-0.3, -0.25) is 4.79 Å². The van der Waals surface area contributed by atoms with Crippen LogP contribution in [0.1, 0.15) is 44.2 Å². The molecule has 0 spiro atoms. The second-order valence-corrected chi connectivity index (χ2v) is 7.38. The van der Waals surface area contributed by atoms with Crippen LogP contribution in [-0.2, 0) is 11.2 Å². The molecule has 6 nitrogen and oxygen atoms in total. The van der Waals surface area contributed by atoms with Gasteiger partial charge in [-0.15, -0.1) is 0 Å². The lowest BCUT2D eigenvalue weighted by Crippen LogP contribution is -2.25. The SMILES string of the molecule is CCC(Sc1nc(CC(C)C)ccc1C#N)C(=O)Nc1cc(C)on1. The van der Waals surface area contributed by atoms with E-state index in [-0.39, 0.29) is 11.2 Å². The van der Waals surface area contributed by atoms with Gasteiger partial charge in [0.2, 0.25) is 5.91 Å². The van der Waals surface area contributed by atoms with Gasteiger partial charge < -0.3 is 9.84 Å². The fourth-order valence-electron chi connectivity index (χ4n) is 2.27. The number of hydrogen-bond donors (Lipinski definition) is 1. The molecule has 0 saturated carbocycles. The lowest BCUT2D eigenvalue weighted by atomic mass is 10.1. The minimum atomic E-state index is -0.370. The van der Waals surface area contributed by atoms with Crippen LogP contribution in [0.3, 0.4) is 0 Å². The first kappa shape index (κ1) is 19.0. The highest BCUT2D eigenvalue weighted by Crippen LogP contribution is 2.28. The molecule has 0 radical (unpaired) electrons. The summed E-state index contributed by atoms with van der Waals surface area (Å²) in [6, 6.07) is 7.47. The van der Waals surface area contributed by atoms with Crippen molar-refractivity contribution < 1.29 is 9.32 Å². The number of nitrogens with zero attached hydrogens (tertiary/aromatic N) is 3. The second-order valence-electron chi connectivity index (χ2n) is 6.19. The molecule has 0 aliphatic carbocycles. The summed E-state index contributed by atoms with van der Waals surface area (Å²) in [7, 11) is 0. The molecule has 7 heteroatoms. The smallest absolute Gasteiger partial charge is 0.239 e. The van der Waals surface area contributed by atoms with Crippen LogP contribution in [-0.4, -0.2) is 21.3 Å². The average Bonchev–Trinajstić information content (AvgIpc) is 2.97. The molecule has 0 bridgehead atoms. The van der Waals surface area contributed by atoms with Gasteiger partial charge in [0.05, 0.1) is 10.8 Å². The van der Waals surface area contributed by atoms with E-state index in [2.05, 4.69) is 35.4 Å². The van der Waals surface area contributed by atoms with Crippen LogP contribution in [0.25, 0.3) is 0 Å². The van der Waals surface area contributed by atoms with Crippen molar-refractivity contribution in [2.45, 2.75) is 50.8 Å². The van der Waals surface area contributed by atoms with E-state index in [1.165, 1.54) is 11.8 Å². The minimum Gasteiger partial charge on any atom is -0.360 e. The molecule has 0 aromatic carbocycles. The third-order valence-corrected chi connectivity index (χ3v) is 4.82. The lowest BCUT2D eigenvalue weighted by Gasteiger charge is -2.14. The van der Waals surface area contributed by atoms with Gasteiger partial charge >= 0.3 is 0 Å². The molecule has 0 aliphatic rings. The van der Waals surface area contributed by atoms with E-state index in [4.69, 9.17) is 4.52 Å². The lowest BCUT2D eigenvalue weighted by molar-refractivity contribution is -0.115. The Morgan fingerprint density at radius 2 is 2.20 bits per heavy atom. The molecule has 2 aromatic heterocycles. The summed E-state index contributed by atoms with van der Waals surface area (Å²) in [5.74, 6) is 1.31. The molecule has 2 heterocycles. The van der Waals surface area contributed by atoms with E-state index >= 15 is 0 Å². The van der Waals surface area contributed by atoms with Gasteiger partial charge in [0.25, 0.3) is 0 Å². The number of amides is 1. The molecule has 1 unspecified atom stereocenters. The van der Waals surface area contributed by atoms with Gasteiger partial charge in [-0.2, -0.15) is 5.26 Å².